The molecule has 1 aliphatic heterocycles. The highest BCUT2D eigenvalue weighted by Crippen LogP contribution is 2.30. The third-order valence-corrected chi connectivity index (χ3v) is 4.98. The van der Waals surface area contributed by atoms with Crippen molar-refractivity contribution in [3.05, 3.63) is 66.0 Å². The topological polar surface area (TPSA) is 74.5 Å². The smallest absolute Gasteiger partial charge is 0.334 e. The summed E-state index contributed by atoms with van der Waals surface area (Å²) in [6, 6.07) is 13.7. The van der Waals surface area contributed by atoms with Crippen molar-refractivity contribution in [2.45, 2.75) is 12.7 Å². The molecule has 162 valence electrons. The molecular weight excluding hydrogens is 411 g/mol. The van der Waals surface area contributed by atoms with Crippen LogP contribution >= 0.6 is 0 Å². The summed E-state index contributed by atoms with van der Waals surface area (Å²) in [4.78, 5) is 20.5. The van der Waals surface area contributed by atoms with Crippen LogP contribution in [0.3, 0.4) is 0 Å². The van der Waals surface area contributed by atoms with Crippen molar-refractivity contribution in [2.24, 2.45) is 0 Å². The summed E-state index contributed by atoms with van der Waals surface area (Å²) < 4.78 is 43.3. The molecule has 3 aromatic rings. The number of piperazine rings is 1. The monoisotopic (exact) mass is 431 g/mol. The number of anilines is 1. The molecule has 0 saturated carbocycles. The minimum Gasteiger partial charge on any atom is -0.334 e. The van der Waals surface area contributed by atoms with Gasteiger partial charge in [0.25, 0.3) is 5.89 Å². The van der Waals surface area contributed by atoms with E-state index in [1.807, 2.05) is 30.3 Å². The maximum atomic E-state index is 12.7. The summed E-state index contributed by atoms with van der Waals surface area (Å²) in [6.07, 6.45) is -4.39. The van der Waals surface area contributed by atoms with E-state index in [2.05, 4.69) is 20.4 Å². The first kappa shape index (κ1) is 20.9. The van der Waals surface area contributed by atoms with E-state index in [4.69, 9.17) is 4.52 Å². The molecular formula is C21H20F3N5O2. The molecule has 10 heteroatoms. The fourth-order valence-electron chi connectivity index (χ4n) is 3.27. The van der Waals surface area contributed by atoms with E-state index in [0.717, 1.165) is 17.8 Å². The van der Waals surface area contributed by atoms with E-state index < -0.39 is 11.7 Å². The number of benzene rings is 2. The molecule has 1 aliphatic rings. The summed E-state index contributed by atoms with van der Waals surface area (Å²) >= 11 is 0. The number of carbonyl (C=O) groups is 1. The SMILES string of the molecule is O=C(Nc1ccccc1)N1CCN(Cc2noc(-c3ccc(C(F)(F)F)cc3)n2)CC1. The summed E-state index contributed by atoms with van der Waals surface area (Å²) in [5, 5.41) is 6.79. The first-order chi connectivity index (χ1) is 14.9. The van der Waals surface area contributed by atoms with Gasteiger partial charge in [0, 0.05) is 37.4 Å². The van der Waals surface area contributed by atoms with Gasteiger partial charge in [-0.1, -0.05) is 23.4 Å². The molecule has 2 aromatic carbocycles. The summed E-state index contributed by atoms with van der Waals surface area (Å²) in [5.41, 5.74) is 0.442. The molecule has 7 nitrogen and oxygen atoms in total. The van der Waals surface area contributed by atoms with Crippen LogP contribution in [-0.4, -0.2) is 52.2 Å². The van der Waals surface area contributed by atoms with Crippen LogP contribution in [0.1, 0.15) is 11.4 Å². The van der Waals surface area contributed by atoms with Crippen LogP contribution < -0.4 is 5.32 Å². The highest BCUT2D eigenvalue weighted by atomic mass is 19.4. The molecule has 0 bridgehead atoms. The molecule has 0 radical (unpaired) electrons. The molecule has 0 atom stereocenters. The molecule has 2 heterocycles. The zero-order chi connectivity index (χ0) is 21.8. The summed E-state index contributed by atoms with van der Waals surface area (Å²) in [6.45, 7) is 2.83. The molecule has 31 heavy (non-hydrogen) atoms. The van der Waals surface area contributed by atoms with Crippen LogP contribution in [0.4, 0.5) is 23.7 Å². The van der Waals surface area contributed by atoms with Gasteiger partial charge >= 0.3 is 12.2 Å². The zero-order valence-electron chi connectivity index (χ0n) is 16.5. The third kappa shape index (κ3) is 5.21. The number of nitrogens with one attached hydrogen (secondary N) is 1. The Labute approximate surface area is 176 Å². The van der Waals surface area contributed by atoms with E-state index in [1.165, 1.54) is 12.1 Å². The highest BCUT2D eigenvalue weighted by molar-refractivity contribution is 5.89. The quantitative estimate of drug-likeness (QED) is 0.673. The molecule has 0 unspecified atom stereocenters. The van der Waals surface area contributed by atoms with Crippen molar-refractivity contribution in [3.8, 4) is 11.5 Å². The molecule has 1 fully saturated rings. The van der Waals surface area contributed by atoms with Gasteiger partial charge in [0.1, 0.15) is 0 Å². The second-order valence-electron chi connectivity index (χ2n) is 7.15. The highest BCUT2D eigenvalue weighted by Gasteiger charge is 2.30. The Kier molecular flexibility index (Phi) is 5.90. The molecule has 0 spiro atoms. The van der Waals surface area contributed by atoms with E-state index in [9.17, 15) is 18.0 Å². The number of rotatable bonds is 4. The Morgan fingerprint density at radius 3 is 2.32 bits per heavy atom. The fraction of sp³-hybridized carbons (Fsp3) is 0.286. The van der Waals surface area contributed by atoms with Crippen molar-refractivity contribution in [1.29, 1.82) is 0 Å². The average Bonchev–Trinajstić information content (AvgIpc) is 3.23. The first-order valence-electron chi connectivity index (χ1n) is 9.72. The van der Waals surface area contributed by atoms with Gasteiger partial charge in [-0.3, -0.25) is 4.90 Å². The Balaban J connectivity index is 1.29. The number of carbonyl (C=O) groups excluding carboxylic acids is 1. The summed E-state index contributed by atoms with van der Waals surface area (Å²) in [5.74, 6) is 0.613. The number of alkyl halides is 3. The van der Waals surface area contributed by atoms with E-state index >= 15 is 0 Å². The second-order valence-corrected chi connectivity index (χ2v) is 7.15. The van der Waals surface area contributed by atoms with Crippen molar-refractivity contribution in [1.82, 2.24) is 19.9 Å². The summed E-state index contributed by atoms with van der Waals surface area (Å²) in [7, 11) is 0. The van der Waals surface area contributed by atoms with Crippen molar-refractivity contribution in [2.75, 3.05) is 31.5 Å². The molecule has 2 amide bonds. The van der Waals surface area contributed by atoms with Gasteiger partial charge in [-0.2, -0.15) is 18.2 Å². The van der Waals surface area contributed by atoms with Crippen molar-refractivity contribution < 1.29 is 22.5 Å². The van der Waals surface area contributed by atoms with Gasteiger partial charge < -0.3 is 14.7 Å². The van der Waals surface area contributed by atoms with Crippen molar-refractivity contribution >= 4 is 11.7 Å². The average molecular weight is 431 g/mol. The Morgan fingerprint density at radius 1 is 1.00 bits per heavy atom. The van der Waals surface area contributed by atoms with E-state index in [0.29, 0.717) is 44.1 Å². The van der Waals surface area contributed by atoms with Crippen LogP contribution in [0.2, 0.25) is 0 Å². The number of aromatic nitrogens is 2. The predicted molar refractivity (Wildman–Crippen MR) is 107 cm³/mol. The maximum Gasteiger partial charge on any atom is 0.416 e. The maximum absolute atomic E-state index is 12.7. The lowest BCUT2D eigenvalue weighted by molar-refractivity contribution is -0.137. The number of halogens is 3. The molecule has 1 aromatic heterocycles. The number of para-hydroxylation sites is 1. The molecule has 1 saturated heterocycles. The van der Waals surface area contributed by atoms with Gasteiger partial charge in [-0.15, -0.1) is 0 Å². The molecule has 1 N–H and O–H groups in total. The largest absolute Gasteiger partial charge is 0.416 e. The Hall–Kier alpha value is -3.40. The van der Waals surface area contributed by atoms with Crippen LogP contribution in [0.25, 0.3) is 11.5 Å². The van der Waals surface area contributed by atoms with E-state index in [-0.39, 0.29) is 11.9 Å². The Bertz CT molecular complexity index is 1010. The lowest BCUT2D eigenvalue weighted by Crippen LogP contribution is -2.49. The minimum absolute atomic E-state index is 0.144. The second kappa shape index (κ2) is 8.76. The van der Waals surface area contributed by atoms with Crippen LogP contribution in [-0.2, 0) is 12.7 Å². The zero-order valence-corrected chi connectivity index (χ0v) is 16.5. The first-order valence-corrected chi connectivity index (χ1v) is 9.72. The van der Waals surface area contributed by atoms with Gasteiger partial charge in [0.05, 0.1) is 12.1 Å². The minimum atomic E-state index is -4.39. The third-order valence-electron chi connectivity index (χ3n) is 4.98. The fourth-order valence-corrected chi connectivity index (χ4v) is 3.27. The van der Waals surface area contributed by atoms with Gasteiger partial charge in [-0.05, 0) is 36.4 Å². The van der Waals surface area contributed by atoms with Gasteiger partial charge in [0.15, 0.2) is 5.82 Å². The van der Waals surface area contributed by atoms with E-state index in [1.54, 1.807) is 4.90 Å². The number of urea groups is 1. The number of amides is 2. The van der Waals surface area contributed by atoms with Gasteiger partial charge in [0.2, 0.25) is 0 Å². The van der Waals surface area contributed by atoms with Crippen LogP contribution in [0.5, 0.6) is 0 Å². The van der Waals surface area contributed by atoms with Crippen LogP contribution in [0, 0.1) is 0 Å². The Morgan fingerprint density at radius 2 is 1.68 bits per heavy atom. The lowest BCUT2D eigenvalue weighted by atomic mass is 10.1. The number of hydrogen-bond acceptors (Lipinski definition) is 5. The predicted octanol–water partition coefficient (Wildman–Crippen LogP) is 4.11. The number of hydrogen-bond donors (Lipinski definition) is 1. The normalized spacial score (nSPS) is 15.1. The van der Waals surface area contributed by atoms with Crippen molar-refractivity contribution in [3.63, 3.8) is 0 Å². The van der Waals surface area contributed by atoms with Crippen LogP contribution in [0.15, 0.2) is 59.1 Å². The molecule has 4 rings (SSSR count). The lowest BCUT2D eigenvalue weighted by Gasteiger charge is -2.34. The number of nitrogens with zero attached hydrogens (tertiary/aromatic N) is 4. The molecule has 0 aliphatic carbocycles. The van der Waals surface area contributed by atoms with Gasteiger partial charge in [-0.25, -0.2) is 4.79 Å². The standard InChI is InChI=1S/C21H20F3N5O2/c22-21(23,24)16-8-6-15(7-9-16)19-26-18(27-31-19)14-28-10-12-29(13-11-28)20(30)25-17-4-2-1-3-5-17/h1-9H,10-14H2,(H,25,30).